The standard InChI is InChI=1S/C24H28ClN5O2/c1-3-16-9-5-7-12-19(16)28-13-8-14-29-20-21(26-23(28)29)27(2)24(32)30(22(20)31)15-17-10-4-6-11-18(17)25/h4-7,9-12,20-21,23,26H,3,8,13-15H2,1-2H3. The van der Waals surface area contributed by atoms with E-state index in [2.05, 4.69) is 46.3 Å². The number of amides is 3. The zero-order valence-corrected chi connectivity index (χ0v) is 19.1. The van der Waals surface area contributed by atoms with Crippen molar-refractivity contribution in [3.8, 4) is 0 Å². The van der Waals surface area contributed by atoms with Gasteiger partial charge in [-0.05, 0) is 36.1 Å². The van der Waals surface area contributed by atoms with Crippen molar-refractivity contribution in [3.63, 3.8) is 0 Å². The van der Waals surface area contributed by atoms with Gasteiger partial charge in [0.05, 0.1) is 6.54 Å². The number of rotatable bonds is 4. The summed E-state index contributed by atoms with van der Waals surface area (Å²) in [5.74, 6) is -0.168. The lowest BCUT2D eigenvalue weighted by Gasteiger charge is -2.44. The number of para-hydroxylation sites is 1. The van der Waals surface area contributed by atoms with Gasteiger partial charge in [0.25, 0.3) is 5.91 Å². The van der Waals surface area contributed by atoms with Crippen LogP contribution in [0.25, 0.3) is 0 Å². The van der Waals surface area contributed by atoms with Crippen LogP contribution in [0.3, 0.4) is 0 Å². The first-order chi connectivity index (χ1) is 15.5. The van der Waals surface area contributed by atoms with Crippen molar-refractivity contribution in [2.75, 3.05) is 25.0 Å². The number of aryl methyl sites for hydroxylation is 1. The maximum Gasteiger partial charge on any atom is 0.328 e. The highest BCUT2D eigenvalue weighted by Gasteiger charge is 2.56. The summed E-state index contributed by atoms with van der Waals surface area (Å²) in [4.78, 5) is 34.4. The molecule has 1 N–H and O–H groups in total. The van der Waals surface area contributed by atoms with E-state index in [1.54, 1.807) is 18.0 Å². The Bertz CT molecular complexity index is 1050. The van der Waals surface area contributed by atoms with Crippen LogP contribution in [0.5, 0.6) is 0 Å². The summed E-state index contributed by atoms with van der Waals surface area (Å²) in [6, 6.07) is 15.0. The molecule has 2 aromatic carbocycles. The molecule has 3 amide bonds. The molecule has 8 heteroatoms. The Morgan fingerprint density at radius 1 is 1.03 bits per heavy atom. The van der Waals surface area contributed by atoms with E-state index < -0.39 is 6.04 Å². The SMILES string of the molecule is CCc1ccccc1N1CCCN2C3C(=O)N(Cc4ccccc4Cl)C(=O)N(C)C3NC12. The normalized spacial score (nSPS) is 25.8. The van der Waals surface area contributed by atoms with E-state index >= 15 is 0 Å². The Labute approximate surface area is 193 Å². The summed E-state index contributed by atoms with van der Waals surface area (Å²) in [5.41, 5.74) is 3.23. The fraction of sp³-hybridized carbons (Fsp3) is 0.417. The third kappa shape index (κ3) is 3.36. The second-order valence-electron chi connectivity index (χ2n) is 8.61. The molecule has 32 heavy (non-hydrogen) atoms. The quantitative estimate of drug-likeness (QED) is 0.771. The Morgan fingerprint density at radius 2 is 1.75 bits per heavy atom. The fourth-order valence-corrected chi connectivity index (χ4v) is 5.39. The number of likely N-dealkylation sites (N-methyl/N-ethyl adjacent to an activating group) is 1. The summed E-state index contributed by atoms with van der Waals surface area (Å²) in [7, 11) is 1.77. The number of carbonyl (C=O) groups is 2. The zero-order valence-electron chi connectivity index (χ0n) is 18.4. The number of fused-ring (bicyclic) bond motifs is 3. The van der Waals surface area contributed by atoms with Gasteiger partial charge in [-0.1, -0.05) is 54.9 Å². The third-order valence-corrected chi connectivity index (χ3v) is 7.21. The monoisotopic (exact) mass is 453 g/mol. The molecule has 3 fully saturated rings. The molecule has 3 atom stereocenters. The number of hydrogen-bond acceptors (Lipinski definition) is 5. The molecular weight excluding hydrogens is 426 g/mol. The first-order valence-corrected chi connectivity index (χ1v) is 11.6. The maximum absolute atomic E-state index is 13.6. The average molecular weight is 454 g/mol. The molecule has 0 bridgehead atoms. The van der Waals surface area contributed by atoms with Crippen molar-refractivity contribution < 1.29 is 9.59 Å². The van der Waals surface area contributed by atoms with Crippen LogP contribution in [0.4, 0.5) is 10.5 Å². The van der Waals surface area contributed by atoms with Crippen molar-refractivity contribution in [1.82, 2.24) is 20.0 Å². The number of anilines is 1. The number of imide groups is 1. The minimum atomic E-state index is -0.429. The number of hydrogen-bond donors (Lipinski definition) is 1. The number of halogens is 1. The van der Waals surface area contributed by atoms with Gasteiger partial charge in [-0.25, -0.2) is 4.79 Å². The van der Waals surface area contributed by atoms with Crippen LogP contribution in [0.1, 0.15) is 24.5 Å². The molecular formula is C24H28ClN5O2. The van der Waals surface area contributed by atoms with Gasteiger partial charge < -0.3 is 9.80 Å². The third-order valence-electron chi connectivity index (χ3n) is 6.84. The molecule has 3 aliphatic heterocycles. The first-order valence-electron chi connectivity index (χ1n) is 11.2. The van der Waals surface area contributed by atoms with Crippen LogP contribution in [-0.2, 0) is 17.8 Å². The van der Waals surface area contributed by atoms with Gasteiger partial charge in [-0.3, -0.25) is 19.9 Å². The Morgan fingerprint density at radius 3 is 2.50 bits per heavy atom. The summed E-state index contributed by atoms with van der Waals surface area (Å²) in [6.07, 6.45) is 1.40. The molecule has 3 unspecified atom stereocenters. The fourth-order valence-electron chi connectivity index (χ4n) is 5.20. The summed E-state index contributed by atoms with van der Waals surface area (Å²) in [6.45, 7) is 4.04. The highest BCUT2D eigenvalue weighted by atomic mass is 35.5. The predicted molar refractivity (Wildman–Crippen MR) is 124 cm³/mol. The molecule has 0 spiro atoms. The van der Waals surface area contributed by atoms with E-state index in [4.69, 9.17) is 11.6 Å². The molecule has 7 nitrogen and oxygen atoms in total. The van der Waals surface area contributed by atoms with Gasteiger partial charge in [0.2, 0.25) is 0 Å². The van der Waals surface area contributed by atoms with Gasteiger partial charge in [-0.15, -0.1) is 0 Å². The van der Waals surface area contributed by atoms with Crippen molar-refractivity contribution in [3.05, 3.63) is 64.7 Å². The lowest BCUT2D eigenvalue weighted by Crippen LogP contribution is -2.66. The van der Waals surface area contributed by atoms with Crippen LogP contribution >= 0.6 is 11.6 Å². The van der Waals surface area contributed by atoms with Crippen LogP contribution in [-0.4, -0.2) is 65.3 Å². The van der Waals surface area contributed by atoms with Crippen LogP contribution in [0, 0.1) is 0 Å². The molecule has 0 aromatic heterocycles. The van der Waals surface area contributed by atoms with E-state index in [0.29, 0.717) is 5.02 Å². The number of carbonyl (C=O) groups excluding carboxylic acids is 2. The molecule has 3 saturated heterocycles. The first kappa shape index (κ1) is 21.2. The van der Waals surface area contributed by atoms with Crippen molar-refractivity contribution in [1.29, 1.82) is 0 Å². The van der Waals surface area contributed by atoms with E-state index in [0.717, 1.165) is 31.5 Å². The zero-order chi connectivity index (χ0) is 22.4. The lowest BCUT2D eigenvalue weighted by atomic mass is 10.1. The number of urea groups is 1. The largest absolute Gasteiger partial charge is 0.343 e. The molecule has 168 valence electrons. The van der Waals surface area contributed by atoms with Gasteiger partial charge in [0.15, 0.2) is 0 Å². The second kappa shape index (κ2) is 8.39. The van der Waals surface area contributed by atoms with Gasteiger partial charge >= 0.3 is 6.03 Å². The second-order valence-corrected chi connectivity index (χ2v) is 9.01. The molecule has 0 aliphatic carbocycles. The van der Waals surface area contributed by atoms with Crippen LogP contribution in [0.2, 0.25) is 5.02 Å². The summed E-state index contributed by atoms with van der Waals surface area (Å²) in [5, 5.41) is 4.14. The number of benzene rings is 2. The smallest absolute Gasteiger partial charge is 0.328 e. The molecule has 2 aromatic rings. The van der Waals surface area contributed by atoms with Crippen molar-refractivity contribution >= 4 is 29.2 Å². The number of nitrogens with one attached hydrogen (secondary N) is 1. The van der Waals surface area contributed by atoms with E-state index in [1.165, 1.54) is 16.2 Å². The van der Waals surface area contributed by atoms with E-state index in [-0.39, 0.29) is 30.9 Å². The van der Waals surface area contributed by atoms with Crippen LogP contribution in [0.15, 0.2) is 48.5 Å². The molecule has 3 aliphatic rings. The van der Waals surface area contributed by atoms with Crippen LogP contribution < -0.4 is 10.2 Å². The Balaban J connectivity index is 1.46. The molecule has 0 saturated carbocycles. The summed E-state index contributed by atoms with van der Waals surface area (Å²) < 4.78 is 0. The lowest BCUT2D eigenvalue weighted by molar-refractivity contribution is -0.139. The number of nitrogens with zero attached hydrogens (tertiary/aromatic N) is 4. The van der Waals surface area contributed by atoms with Gasteiger partial charge in [-0.2, -0.15) is 0 Å². The Kier molecular flexibility index (Phi) is 5.57. The van der Waals surface area contributed by atoms with Crippen molar-refractivity contribution in [2.45, 2.75) is 44.8 Å². The molecule has 5 rings (SSSR count). The average Bonchev–Trinajstić information content (AvgIpc) is 3.21. The topological polar surface area (TPSA) is 59.1 Å². The molecule has 0 radical (unpaired) electrons. The van der Waals surface area contributed by atoms with Gasteiger partial charge in [0.1, 0.15) is 18.5 Å². The van der Waals surface area contributed by atoms with Gasteiger partial charge in [0, 0.05) is 30.8 Å². The Hall–Kier alpha value is -2.61. The van der Waals surface area contributed by atoms with E-state index in [9.17, 15) is 9.59 Å². The maximum atomic E-state index is 13.6. The molecule has 3 heterocycles. The predicted octanol–water partition coefficient (Wildman–Crippen LogP) is 3.09. The minimum absolute atomic E-state index is 0.133. The van der Waals surface area contributed by atoms with Crippen molar-refractivity contribution in [2.24, 2.45) is 0 Å². The highest BCUT2D eigenvalue weighted by Crippen LogP contribution is 2.35. The minimum Gasteiger partial charge on any atom is -0.343 e. The summed E-state index contributed by atoms with van der Waals surface area (Å²) >= 11 is 6.32. The van der Waals surface area contributed by atoms with E-state index in [1.807, 2.05) is 18.2 Å². The highest BCUT2D eigenvalue weighted by molar-refractivity contribution is 6.31.